The third-order valence-corrected chi connectivity index (χ3v) is 3.87. The van der Waals surface area contributed by atoms with Crippen molar-refractivity contribution in [2.45, 2.75) is 32.2 Å². The van der Waals surface area contributed by atoms with Crippen LogP contribution < -0.4 is 5.73 Å². The van der Waals surface area contributed by atoms with E-state index in [2.05, 4.69) is 18.8 Å². The second-order valence-electron chi connectivity index (χ2n) is 4.71. The highest BCUT2D eigenvalue weighted by Crippen LogP contribution is 2.28. The standard InChI is InChI=1S/C14H16F2N2S/c1-8(2)11-7-19-14(18-11)12(17)9-4-3-5-10(6-9)13(15)16/h3-8,12-13H,17H2,1-2H3. The number of halogens is 2. The van der Waals surface area contributed by atoms with E-state index in [0.29, 0.717) is 11.5 Å². The minimum Gasteiger partial charge on any atom is -0.318 e. The molecule has 0 spiro atoms. The SMILES string of the molecule is CC(C)c1csc(C(N)c2cccc(C(F)F)c2)n1. The van der Waals surface area contributed by atoms with Gasteiger partial charge in [-0.05, 0) is 17.5 Å². The van der Waals surface area contributed by atoms with E-state index < -0.39 is 12.5 Å². The van der Waals surface area contributed by atoms with Crippen molar-refractivity contribution < 1.29 is 8.78 Å². The molecule has 2 rings (SSSR count). The van der Waals surface area contributed by atoms with Crippen molar-refractivity contribution in [3.05, 3.63) is 51.5 Å². The van der Waals surface area contributed by atoms with Gasteiger partial charge in [0.25, 0.3) is 6.43 Å². The maximum atomic E-state index is 12.7. The molecule has 0 aliphatic heterocycles. The van der Waals surface area contributed by atoms with Crippen molar-refractivity contribution in [3.63, 3.8) is 0 Å². The summed E-state index contributed by atoms with van der Waals surface area (Å²) in [5.74, 6) is 0.338. The van der Waals surface area contributed by atoms with Gasteiger partial charge in [-0.25, -0.2) is 13.8 Å². The fourth-order valence-electron chi connectivity index (χ4n) is 1.74. The fraction of sp³-hybridized carbons (Fsp3) is 0.357. The van der Waals surface area contributed by atoms with E-state index in [1.807, 2.05) is 5.38 Å². The molecule has 2 aromatic rings. The van der Waals surface area contributed by atoms with Gasteiger partial charge in [-0.2, -0.15) is 0 Å². The average Bonchev–Trinajstić information content (AvgIpc) is 2.87. The van der Waals surface area contributed by atoms with Gasteiger partial charge in [-0.1, -0.05) is 32.0 Å². The fourth-order valence-corrected chi connectivity index (χ4v) is 2.75. The van der Waals surface area contributed by atoms with E-state index in [1.165, 1.54) is 23.5 Å². The molecular formula is C14H16F2N2S. The van der Waals surface area contributed by atoms with E-state index in [9.17, 15) is 8.78 Å². The average molecular weight is 282 g/mol. The zero-order chi connectivity index (χ0) is 14.0. The van der Waals surface area contributed by atoms with Crippen molar-refractivity contribution in [1.82, 2.24) is 4.98 Å². The van der Waals surface area contributed by atoms with Crippen molar-refractivity contribution in [2.75, 3.05) is 0 Å². The number of benzene rings is 1. The van der Waals surface area contributed by atoms with Gasteiger partial charge in [0.15, 0.2) is 0 Å². The molecule has 1 atom stereocenters. The number of nitrogens with zero attached hydrogens (tertiary/aromatic N) is 1. The van der Waals surface area contributed by atoms with Crippen LogP contribution in [0.15, 0.2) is 29.6 Å². The lowest BCUT2D eigenvalue weighted by atomic mass is 10.1. The summed E-state index contributed by atoms with van der Waals surface area (Å²) in [6.45, 7) is 4.11. The Kier molecular flexibility index (Phi) is 4.27. The normalized spacial score (nSPS) is 13.2. The van der Waals surface area contributed by atoms with E-state index in [-0.39, 0.29) is 5.56 Å². The summed E-state index contributed by atoms with van der Waals surface area (Å²) in [5, 5.41) is 2.73. The summed E-state index contributed by atoms with van der Waals surface area (Å²) in [7, 11) is 0. The molecule has 2 N–H and O–H groups in total. The molecule has 0 aliphatic rings. The summed E-state index contributed by atoms with van der Waals surface area (Å²) in [6.07, 6.45) is -2.48. The smallest absolute Gasteiger partial charge is 0.263 e. The topological polar surface area (TPSA) is 38.9 Å². The predicted molar refractivity (Wildman–Crippen MR) is 73.6 cm³/mol. The quantitative estimate of drug-likeness (QED) is 0.910. The number of thiazole rings is 1. The molecular weight excluding hydrogens is 266 g/mol. The molecule has 19 heavy (non-hydrogen) atoms. The molecule has 0 fully saturated rings. The molecule has 2 nitrogen and oxygen atoms in total. The van der Waals surface area contributed by atoms with Gasteiger partial charge >= 0.3 is 0 Å². The molecule has 0 amide bonds. The first-order valence-corrected chi connectivity index (χ1v) is 6.96. The van der Waals surface area contributed by atoms with Gasteiger partial charge in [0.05, 0.1) is 11.7 Å². The monoisotopic (exact) mass is 282 g/mol. The number of alkyl halides is 2. The first kappa shape index (κ1) is 14.1. The van der Waals surface area contributed by atoms with Crippen LogP contribution in [-0.4, -0.2) is 4.98 Å². The van der Waals surface area contributed by atoms with E-state index in [0.717, 1.165) is 10.7 Å². The Morgan fingerprint density at radius 2 is 1.89 bits per heavy atom. The number of rotatable bonds is 4. The number of hydrogen-bond donors (Lipinski definition) is 1. The third-order valence-electron chi connectivity index (χ3n) is 2.92. The lowest BCUT2D eigenvalue weighted by Gasteiger charge is -2.10. The van der Waals surface area contributed by atoms with Crippen LogP contribution in [0.3, 0.4) is 0 Å². The number of nitrogens with two attached hydrogens (primary N) is 1. The molecule has 0 saturated heterocycles. The molecule has 0 radical (unpaired) electrons. The van der Waals surface area contributed by atoms with E-state index >= 15 is 0 Å². The van der Waals surface area contributed by atoms with E-state index in [4.69, 9.17) is 5.73 Å². The van der Waals surface area contributed by atoms with Crippen LogP contribution >= 0.6 is 11.3 Å². The van der Waals surface area contributed by atoms with Crippen LogP contribution in [0.5, 0.6) is 0 Å². The van der Waals surface area contributed by atoms with Gasteiger partial charge in [0, 0.05) is 10.9 Å². The van der Waals surface area contributed by atoms with Crippen LogP contribution in [-0.2, 0) is 0 Å². The van der Waals surface area contributed by atoms with Crippen molar-refractivity contribution in [2.24, 2.45) is 5.73 Å². The lowest BCUT2D eigenvalue weighted by Crippen LogP contribution is -2.12. The summed E-state index contributed by atoms with van der Waals surface area (Å²) in [4.78, 5) is 4.47. The molecule has 1 unspecified atom stereocenters. The Hall–Kier alpha value is -1.33. The van der Waals surface area contributed by atoms with Crippen LogP contribution in [0.1, 0.15) is 54.1 Å². The molecule has 1 aromatic heterocycles. The summed E-state index contributed by atoms with van der Waals surface area (Å²) in [5.41, 5.74) is 7.75. The first-order chi connectivity index (χ1) is 8.99. The van der Waals surface area contributed by atoms with Crippen LogP contribution in [0.4, 0.5) is 8.78 Å². The zero-order valence-corrected chi connectivity index (χ0v) is 11.6. The van der Waals surface area contributed by atoms with Gasteiger partial charge < -0.3 is 5.73 Å². The molecule has 0 saturated carbocycles. The van der Waals surface area contributed by atoms with Crippen molar-refractivity contribution >= 4 is 11.3 Å². The maximum Gasteiger partial charge on any atom is 0.263 e. The van der Waals surface area contributed by atoms with E-state index in [1.54, 1.807) is 12.1 Å². The lowest BCUT2D eigenvalue weighted by molar-refractivity contribution is 0.151. The van der Waals surface area contributed by atoms with Gasteiger partial charge in [-0.3, -0.25) is 0 Å². The van der Waals surface area contributed by atoms with Crippen LogP contribution in [0, 0.1) is 0 Å². The Morgan fingerprint density at radius 3 is 2.47 bits per heavy atom. The molecule has 1 aromatic carbocycles. The highest BCUT2D eigenvalue weighted by atomic mass is 32.1. The van der Waals surface area contributed by atoms with Crippen molar-refractivity contribution in [1.29, 1.82) is 0 Å². The van der Waals surface area contributed by atoms with Crippen molar-refractivity contribution in [3.8, 4) is 0 Å². The van der Waals surface area contributed by atoms with Crippen LogP contribution in [0.25, 0.3) is 0 Å². The molecule has 0 aliphatic carbocycles. The zero-order valence-electron chi connectivity index (χ0n) is 10.8. The highest BCUT2D eigenvalue weighted by molar-refractivity contribution is 7.09. The third kappa shape index (κ3) is 3.16. The summed E-state index contributed by atoms with van der Waals surface area (Å²) >= 11 is 1.47. The first-order valence-electron chi connectivity index (χ1n) is 6.08. The van der Waals surface area contributed by atoms with Gasteiger partial charge in [-0.15, -0.1) is 11.3 Å². The minimum atomic E-state index is -2.48. The van der Waals surface area contributed by atoms with Gasteiger partial charge in [0.2, 0.25) is 0 Å². The number of hydrogen-bond acceptors (Lipinski definition) is 3. The minimum absolute atomic E-state index is 0.00594. The highest BCUT2D eigenvalue weighted by Gasteiger charge is 2.16. The number of aromatic nitrogens is 1. The summed E-state index contributed by atoms with van der Waals surface area (Å²) in [6, 6.07) is 5.77. The molecule has 1 heterocycles. The summed E-state index contributed by atoms with van der Waals surface area (Å²) < 4.78 is 25.3. The van der Waals surface area contributed by atoms with Crippen LogP contribution in [0.2, 0.25) is 0 Å². The second kappa shape index (κ2) is 5.75. The Morgan fingerprint density at radius 1 is 1.21 bits per heavy atom. The predicted octanol–water partition coefficient (Wildman–Crippen LogP) is 4.25. The Bertz CT molecular complexity index is 552. The maximum absolute atomic E-state index is 12.7. The Labute approximate surface area is 115 Å². The second-order valence-corrected chi connectivity index (χ2v) is 5.60. The van der Waals surface area contributed by atoms with Gasteiger partial charge in [0.1, 0.15) is 5.01 Å². The molecule has 102 valence electrons. The molecule has 5 heteroatoms. The Balaban J connectivity index is 2.27. The largest absolute Gasteiger partial charge is 0.318 e. The molecule has 0 bridgehead atoms.